The SMILES string of the molecule is Cc1ccc(OCC(=O)N2CC[NH+](C[C@@H]3CC=CCC3)CC2)cc1. The molecule has 0 unspecified atom stereocenters. The third-order valence-corrected chi connectivity index (χ3v) is 5.16. The maximum Gasteiger partial charge on any atom is 0.260 e. The van der Waals surface area contributed by atoms with Crippen molar-refractivity contribution in [2.45, 2.75) is 26.2 Å². The highest BCUT2D eigenvalue weighted by atomic mass is 16.5. The van der Waals surface area contributed by atoms with E-state index in [9.17, 15) is 4.79 Å². The molecule has 0 bridgehead atoms. The lowest BCUT2D eigenvalue weighted by atomic mass is 9.94. The largest absolute Gasteiger partial charge is 0.484 e. The Balaban J connectivity index is 1.38. The van der Waals surface area contributed by atoms with Gasteiger partial charge in [-0.15, -0.1) is 0 Å². The number of aryl methyl sites for hydroxylation is 1. The van der Waals surface area contributed by atoms with Gasteiger partial charge in [-0.25, -0.2) is 0 Å². The summed E-state index contributed by atoms with van der Waals surface area (Å²) in [6, 6.07) is 7.84. The number of benzene rings is 1. The first-order valence-corrected chi connectivity index (χ1v) is 9.16. The molecule has 24 heavy (non-hydrogen) atoms. The molecule has 0 spiro atoms. The number of amides is 1. The van der Waals surface area contributed by atoms with Gasteiger partial charge in [0.2, 0.25) is 0 Å². The standard InChI is InChI=1S/C20H28N2O2/c1-17-7-9-19(10-8-17)24-16-20(23)22-13-11-21(12-14-22)15-18-5-3-2-4-6-18/h2-3,7-10,18H,4-6,11-16H2,1H3/p+1/t18-/m1/s1. The third-order valence-electron chi connectivity index (χ3n) is 5.16. The molecule has 1 saturated heterocycles. The molecule has 0 saturated carbocycles. The van der Waals surface area contributed by atoms with Crippen LogP contribution in [0.2, 0.25) is 0 Å². The molecular weight excluding hydrogens is 300 g/mol. The van der Waals surface area contributed by atoms with E-state index in [1.807, 2.05) is 36.1 Å². The summed E-state index contributed by atoms with van der Waals surface area (Å²) in [5, 5.41) is 0. The maximum atomic E-state index is 12.3. The zero-order valence-electron chi connectivity index (χ0n) is 14.7. The van der Waals surface area contributed by atoms with Crippen LogP contribution in [-0.4, -0.2) is 50.1 Å². The summed E-state index contributed by atoms with van der Waals surface area (Å²) in [5.74, 6) is 1.70. The van der Waals surface area contributed by atoms with Gasteiger partial charge in [0.25, 0.3) is 5.91 Å². The van der Waals surface area contributed by atoms with Gasteiger partial charge in [0.05, 0.1) is 32.7 Å². The molecule has 1 amide bonds. The van der Waals surface area contributed by atoms with Gasteiger partial charge in [0.1, 0.15) is 5.75 Å². The second-order valence-electron chi connectivity index (χ2n) is 7.09. The molecule has 4 heteroatoms. The summed E-state index contributed by atoms with van der Waals surface area (Å²) in [7, 11) is 0. The topological polar surface area (TPSA) is 34.0 Å². The Morgan fingerprint density at radius 2 is 1.96 bits per heavy atom. The predicted molar refractivity (Wildman–Crippen MR) is 95.3 cm³/mol. The molecule has 3 rings (SSSR count). The van der Waals surface area contributed by atoms with Gasteiger partial charge in [0.15, 0.2) is 6.61 Å². The number of hydrogen-bond donors (Lipinski definition) is 1. The lowest BCUT2D eigenvalue weighted by Crippen LogP contribution is -3.15. The second kappa shape index (κ2) is 8.34. The number of nitrogens with one attached hydrogen (secondary N) is 1. The predicted octanol–water partition coefficient (Wildman–Crippen LogP) is 1.46. The summed E-state index contributed by atoms with van der Waals surface area (Å²) >= 11 is 0. The Bertz CT molecular complexity index is 560. The van der Waals surface area contributed by atoms with Gasteiger partial charge >= 0.3 is 0 Å². The van der Waals surface area contributed by atoms with E-state index in [-0.39, 0.29) is 12.5 Å². The normalized spacial score (nSPS) is 21.7. The minimum atomic E-state index is 0.107. The van der Waals surface area contributed by atoms with Crippen LogP contribution in [0.15, 0.2) is 36.4 Å². The van der Waals surface area contributed by atoms with Gasteiger partial charge < -0.3 is 14.5 Å². The molecular formula is C20H29N2O2+. The number of ether oxygens (including phenoxy) is 1. The summed E-state index contributed by atoms with van der Waals surface area (Å²) in [6.45, 7) is 7.29. The van der Waals surface area contributed by atoms with Crippen LogP contribution in [0.1, 0.15) is 24.8 Å². The fourth-order valence-corrected chi connectivity index (χ4v) is 3.60. The molecule has 130 valence electrons. The monoisotopic (exact) mass is 329 g/mol. The number of allylic oxidation sites excluding steroid dienone is 2. The Labute approximate surface area is 145 Å². The van der Waals surface area contributed by atoms with Crippen molar-refractivity contribution in [1.29, 1.82) is 0 Å². The highest BCUT2D eigenvalue weighted by molar-refractivity contribution is 5.77. The molecule has 1 aromatic rings. The van der Waals surface area contributed by atoms with Gasteiger partial charge in [-0.1, -0.05) is 29.8 Å². The first-order valence-electron chi connectivity index (χ1n) is 9.16. The maximum absolute atomic E-state index is 12.3. The van der Waals surface area contributed by atoms with Crippen LogP contribution in [0.25, 0.3) is 0 Å². The van der Waals surface area contributed by atoms with Crippen molar-refractivity contribution in [2.24, 2.45) is 5.92 Å². The molecule has 1 aromatic carbocycles. The van der Waals surface area contributed by atoms with Crippen molar-refractivity contribution in [3.63, 3.8) is 0 Å². The molecule has 4 nitrogen and oxygen atoms in total. The highest BCUT2D eigenvalue weighted by Gasteiger charge is 2.26. The number of piperazine rings is 1. The van der Waals surface area contributed by atoms with Crippen LogP contribution < -0.4 is 9.64 Å². The van der Waals surface area contributed by atoms with Gasteiger partial charge in [0, 0.05) is 5.92 Å². The van der Waals surface area contributed by atoms with Crippen molar-refractivity contribution in [1.82, 2.24) is 4.90 Å². The van der Waals surface area contributed by atoms with Crippen LogP contribution in [0.4, 0.5) is 0 Å². The molecule has 1 aliphatic heterocycles. The Kier molecular flexibility index (Phi) is 5.91. The number of hydrogen-bond acceptors (Lipinski definition) is 2. The van der Waals surface area contributed by atoms with E-state index in [0.29, 0.717) is 0 Å². The summed E-state index contributed by atoms with van der Waals surface area (Å²) in [4.78, 5) is 15.9. The smallest absolute Gasteiger partial charge is 0.260 e. The number of nitrogens with zero attached hydrogens (tertiary/aromatic N) is 1. The third kappa shape index (κ3) is 4.84. The fourth-order valence-electron chi connectivity index (χ4n) is 3.60. The lowest BCUT2D eigenvalue weighted by molar-refractivity contribution is -0.907. The first-order chi connectivity index (χ1) is 11.7. The number of carbonyl (C=O) groups excluding carboxylic acids is 1. The average molecular weight is 329 g/mol. The van der Waals surface area contributed by atoms with E-state index in [1.54, 1.807) is 4.90 Å². The minimum absolute atomic E-state index is 0.107. The zero-order valence-corrected chi connectivity index (χ0v) is 14.7. The van der Waals surface area contributed by atoms with Crippen molar-refractivity contribution in [3.8, 4) is 5.75 Å². The molecule has 0 aromatic heterocycles. The Morgan fingerprint density at radius 3 is 2.62 bits per heavy atom. The van der Waals surface area contributed by atoms with E-state index in [1.165, 1.54) is 31.4 Å². The van der Waals surface area contributed by atoms with Crippen molar-refractivity contribution >= 4 is 5.91 Å². The summed E-state index contributed by atoms with van der Waals surface area (Å²) in [6.07, 6.45) is 8.43. The van der Waals surface area contributed by atoms with E-state index >= 15 is 0 Å². The molecule has 1 heterocycles. The first kappa shape index (κ1) is 17.0. The molecule has 1 atom stereocenters. The van der Waals surface area contributed by atoms with E-state index in [0.717, 1.165) is 37.8 Å². The fraction of sp³-hybridized carbons (Fsp3) is 0.550. The molecule has 1 aliphatic carbocycles. The molecule has 1 fully saturated rings. The number of quaternary nitrogens is 1. The van der Waals surface area contributed by atoms with Gasteiger partial charge in [-0.05, 0) is 38.3 Å². The van der Waals surface area contributed by atoms with Crippen LogP contribution in [0, 0.1) is 12.8 Å². The van der Waals surface area contributed by atoms with E-state index < -0.39 is 0 Å². The van der Waals surface area contributed by atoms with Crippen LogP contribution in [-0.2, 0) is 4.79 Å². The van der Waals surface area contributed by atoms with Crippen LogP contribution in [0.5, 0.6) is 5.75 Å². The molecule has 1 N–H and O–H groups in total. The van der Waals surface area contributed by atoms with Crippen molar-refractivity contribution < 1.29 is 14.4 Å². The number of rotatable bonds is 5. The summed E-state index contributed by atoms with van der Waals surface area (Å²) in [5.41, 5.74) is 1.20. The Morgan fingerprint density at radius 1 is 1.21 bits per heavy atom. The lowest BCUT2D eigenvalue weighted by Gasteiger charge is -2.34. The second-order valence-corrected chi connectivity index (χ2v) is 7.09. The van der Waals surface area contributed by atoms with Crippen LogP contribution >= 0.6 is 0 Å². The number of carbonyl (C=O) groups is 1. The summed E-state index contributed by atoms with van der Waals surface area (Å²) < 4.78 is 5.62. The highest BCUT2D eigenvalue weighted by Crippen LogP contribution is 2.16. The zero-order chi connectivity index (χ0) is 16.8. The quantitative estimate of drug-likeness (QED) is 0.830. The molecule has 2 aliphatic rings. The van der Waals surface area contributed by atoms with Crippen molar-refractivity contribution in [3.05, 3.63) is 42.0 Å². The Hall–Kier alpha value is -1.81. The van der Waals surface area contributed by atoms with Crippen molar-refractivity contribution in [2.75, 3.05) is 39.3 Å². The van der Waals surface area contributed by atoms with E-state index in [2.05, 4.69) is 12.2 Å². The minimum Gasteiger partial charge on any atom is -0.484 e. The molecule has 0 radical (unpaired) electrons. The van der Waals surface area contributed by atoms with Gasteiger partial charge in [-0.3, -0.25) is 4.79 Å². The van der Waals surface area contributed by atoms with E-state index in [4.69, 9.17) is 4.74 Å². The average Bonchev–Trinajstić information content (AvgIpc) is 2.62. The van der Waals surface area contributed by atoms with Crippen LogP contribution in [0.3, 0.4) is 0 Å². The van der Waals surface area contributed by atoms with Gasteiger partial charge in [-0.2, -0.15) is 0 Å².